The zero-order chi connectivity index (χ0) is 19.2. The number of hydrogen-bond donors (Lipinski definition) is 0. The molecule has 1 aliphatic rings. The Morgan fingerprint density at radius 2 is 2.07 bits per heavy atom. The molecule has 0 unspecified atom stereocenters. The number of hydrogen-bond acceptors (Lipinski definition) is 7. The van der Waals surface area contributed by atoms with E-state index in [9.17, 15) is 14.9 Å². The maximum Gasteiger partial charge on any atom is 0.397 e. The first kappa shape index (κ1) is 19.4. The SMILES string of the molecule is O=c1oc(OCCCCC2CCC(C=S)CC2)nc2cc([N+](=O)[O-])ccc12. The van der Waals surface area contributed by atoms with Crippen LogP contribution in [0, 0.1) is 22.0 Å². The number of nitro groups is 1. The standard InChI is InChI=1S/C19H22N2O5S/c22-18-16-9-8-15(21(23)24)11-17(16)20-19(26-18)25-10-2-1-3-13-4-6-14(12-27)7-5-13/h8-9,11-14H,1-7,10H2. The van der Waals surface area contributed by atoms with Gasteiger partial charge >= 0.3 is 11.7 Å². The molecule has 27 heavy (non-hydrogen) atoms. The Morgan fingerprint density at radius 3 is 2.78 bits per heavy atom. The van der Waals surface area contributed by atoms with Crippen molar-refractivity contribution in [2.24, 2.45) is 11.8 Å². The minimum atomic E-state index is -0.611. The van der Waals surface area contributed by atoms with Crippen molar-refractivity contribution in [2.45, 2.75) is 44.9 Å². The smallest absolute Gasteiger partial charge is 0.397 e. The zero-order valence-corrected chi connectivity index (χ0v) is 15.8. The summed E-state index contributed by atoms with van der Waals surface area (Å²) in [7, 11) is 0. The van der Waals surface area contributed by atoms with Crippen molar-refractivity contribution >= 4 is 34.2 Å². The fourth-order valence-electron chi connectivity index (χ4n) is 3.52. The zero-order valence-electron chi connectivity index (χ0n) is 15.0. The summed E-state index contributed by atoms with van der Waals surface area (Å²) < 4.78 is 10.5. The topological polar surface area (TPSA) is 95.5 Å². The third-order valence-corrected chi connectivity index (χ3v) is 5.50. The lowest BCUT2D eigenvalue weighted by Gasteiger charge is -2.26. The number of nitrogens with zero attached hydrogens (tertiary/aromatic N) is 2. The highest BCUT2D eigenvalue weighted by molar-refractivity contribution is 7.79. The molecule has 0 aliphatic heterocycles. The van der Waals surface area contributed by atoms with E-state index >= 15 is 0 Å². The number of benzene rings is 1. The van der Waals surface area contributed by atoms with Gasteiger partial charge in [0, 0.05) is 12.1 Å². The summed E-state index contributed by atoms with van der Waals surface area (Å²) in [5.41, 5.74) is -0.541. The van der Waals surface area contributed by atoms with Crippen molar-refractivity contribution < 1.29 is 14.1 Å². The normalized spacial score (nSPS) is 19.7. The molecule has 1 heterocycles. The van der Waals surface area contributed by atoms with E-state index in [1.165, 1.54) is 43.9 Å². The first-order valence-corrected chi connectivity index (χ1v) is 9.71. The van der Waals surface area contributed by atoms with E-state index in [-0.39, 0.29) is 22.7 Å². The Morgan fingerprint density at radius 1 is 1.30 bits per heavy atom. The Kier molecular flexibility index (Phi) is 6.49. The van der Waals surface area contributed by atoms with E-state index in [0.29, 0.717) is 12.5 Å². The molecule has 8 heteroatoms. The maximum atomic E-state index is 12.0. The molecule has 0 atom stereocenters. The van der Waals surface area contributed by atoms with Gasteiger partial charge in [0.15, 0.2) is 0 Å². The second-order valence-electron chi connectivity index (χ2n) is 6.99. The number of non-ortho nitro benzene ring substituents is 1. The Balaban J connectivity index is 1.49. The Hall–Kier alpha value is -2.35. The number of aromatic nitrogens is 1. The lowest BCUT2D eigenvalue weighted by Crippen LogP contribution is -2.15. The fraction of sp³-hybridized carbons (Fsp3) is 0.526. The van der Waals surface area contributed by atoms with Crippen LogP contribution in [0.2, 0.25) is 0 Å². The van der Waals surface area contributed by atoms with Gasteiger partial charge in [-0.3, -0.25) is 10.1 Å². The summed E-state index contributed by atoms with van der Waals surface area (Å²) in [6, 6.07) is 3.84. The van der Waals surface area contributed by atoms with Gasteiger partial charge in [-0.15, -0.1) is 0 Å². The third kappa shape index (κ3) is 5.09. The minimum Gasteiger partial charge on any atom is -0.450 e. The number of nitro benzene ring substituents is 1. The molecule has 7 nitrogen and oxygen atoms in total. The molecule has 144 valence electrons. The van der Waals surface area contributed by atoms with E-state index in [4.69, 9.17) is 21.4 Å². The van der Waals surface area contributed by atoms with Crippen LogP contribution in [0.3, 0.4) is 0 Å². The summed E-state index contributed by atoms with van der Waals surface area (Å²) in [6.07, 6.45) is 7.76. The molecule has 3 rings (SSSR count). The number of ether oxygens (including phenoxy) is 1. The van der Waals surface area contributed by atoms with Crippen LogP contribution in [-0.2, 0) is 0 Å². The van der Waals surface area contributed by atoms with Crippen LogP contribution in [0.4, 0.5) is 5.69 Å². The van der Waals surface area contributed by atoms with E-state index in [1.54, 1.807) is 0 Å². The molecule has 1 aliphatic carbocycles. The first-order valence-electron chi connectivity index (χ1n) is 9.24. The van der Waals surface area contributed by atoms with Gasteiger partial charge in [-0.25, -0.2) is 4.79 Å². The van der Waals surface area contributed by atoms with Crippen molar-refractivity contribution in [3.8, 4) is 6.08 Å². The molecule has 1 fully saturated rings. The summed E-state index contributed by atoms with van der Waals surface area (Å²) >= 11 is 5.03. The second-order valence-corrected chi connectivity index (χ2v) is 7.26. The van der Waals surface area contributed by atoms with Gasteiger partial charge in [-0.2, -0.15) is 4.98 Å². The van der Waals surface area contributed by atoms with Crippen LogP contribution >= 0.6 is 12.2 Å². The molecule has 0 spiro atoms. The first-order chi connectivity index (χ1) is 13.1. The van der Waals surface area contributed by atoms with Crippen molar-refractivity contribution in [2.75, 3.05) is 6.61 Å². The fourth-order valence-corrected chi connectivity index (χ4v) is 3.80. The lowest BCUT2D eigenvalue weighted by atomic mass is 9.81. The van der Waals surface area contributed by atoms with Gasteiger partial charge in [-0.1, -0.05) is 18.6 Å². The molecule has 0 N–H and O–H groups in total. The summed E-state index contributed by atoms with van der Waals surface area (Å²) in [5, 5.41) is 13.0. The second kappa shape index (κ2) is 9.03. The van der Waals surface area contributed by atoms with Crippen LogP contribution in [0.1, 0.15) is 44.9 Å². The predicted octanol–water partition coefficient (Wildman–Crippen LogP) is 4.45. The lowest BCUT2D eigenvalue weighted by molar-refractivity contribution is -0.384. The summed E-state index contributed by atoms with van der Waals surface area (Å²) in [6.45, 7) is 0.395. The highest BCUT2D eigenvalue weighted by Gasteiger charge is 2.19. The van der Waals surface area contributed by atoms with Gasteiger partial charge in [0.2, 0.25) is 0 Å². The molecule has 0 saturated heterocycles. The predicted molar refractivity (Wildman–Crippen MR) is 105 cm³/mol. The minimum absolute atomic E-state index is 0.130. The van der Waals surface area contributed by atoms with Crippen LogP contribution < -0.4 is 10.4 Å². The largest absolute Gasteiger partial charge is 0.450 e. The average Bonchev–Trinajstić information content (AvgIpc) is 2.67. The van der Waals surface area contributed by atoms with Crippen LogP contribution in [0.15, 0.2) is 27.4 Å². The molecule has 1 saturated carbocycles. The van der Waals surface area contributed by atoms with E-state index in [0.717, 1.165) is 25.2 Å². The maximum absolute atomic E-state index is 12.0. The monoisotopic (exact) mass is 390 g/mol. The van der Waals surface area contributed by atoms with Gasteiger partial charge in [-0.05, 0) is 61.8 Å². The van der Waals surface area contributed by atoms with Crippen LogP contribution in [0.5, 0.6) is 6.08 Å². The van der Waals surface area contributed by atoms with E-state index in [1.807, 2.05) is 5.37 Å². The van der Waals surface area contributed by atoms with Gasteiger partial charge in [0.25, 0.3) is 5.69 Å². The molecular formula is C19H22N2O5S. The summed E-state index contributed by atoms with van der Waals surface area (Å²) in [5.74, 6) is 1.37. The van der Waals surface area contributed by atoms with E-state index < -0.39 is 10.5 Å². The average molecular weight is 390 g/mol. The molecule has 1 aromatic heterocycles. The van der Waals surface area contributed by atoms with Crippen molar-refractivity contribution in [3.63, 3.8) is 0 Å². The van der Waals surface area contributed by atoms with Gasteiger partial charge < -0.3 is 9.15 Å². The molecule has 2 aromatic rings. The van der Waals surface area contributed by atoms with Crippen molar-refractivity contribution in [1.82, 2.24) is 4.98 Å². The van der Waals surface area contributed by atoms with Crippen LogP contribution in [0.25, 0.3) is 10.9 Å². The quantitative estimate of drug-likeness (QED) is 0.284. The number of rotatable bonds is 8. The highest BCUT2D eigenvalue weighted by Crippen LogP contribution is 2.31. The Labute approximate surface area is 161 Å². The number of thiocarbonyl (C=S) groups is 1. The molecule has 0 radical (unpaired) electrons. The molecular weight excluding hydrogens is 368 g/mol. The van der Waals surface area contributed by atoms with E-state index in [2.05, 4.69) is 4.98 Å². The number of fused-ring (bicyclic) bond motifs is 1. The van der Waals surface area contributed by atoms with Gasteiger partial charge in [0.1, 0.15) is 0 Å². The Bertz CT molecular complexity index is 874. The number of unbranched alkanes of at least 4 members (excludes halogenated alkanes) is 1. The van der Waals surface area contributed by atoms with Gasteiger partial charge in [0.05, 0.1) is 22.4 Å². The molecule has 0 amide bonds. The molecule has 1 aromatic carbocycles. The highest BCUT2D eigenvalue weighted by atomic mass is 32.1. The summed E-state index contributed by atoms with van der Waals surface area (Å²) in [4.78, 5) is 26.4. The van der Waals surface area contributed by atoms with Crippen LogP contribution in [-0.4, -0.2) is 21.9 Å². The van der Waals surface area contributed by atoms with Crippen molar-refractivity contribution in [3.05, 3.63) is 38.7 Å². The molecule has 0 bridgehead atoms. The third-order valence-electron chi connectivity index (χ3n) is 5.12. The van der Waals surface area contributed by atoms with Crippen molar-refractivity contribution in [1.29, 1.82) is 0 Å².